The van der Waals surface area contributed by atoms with Gasteiger partial charge in [-0.15, -0.1) is 0 Å². The second-order valence-electron chi connectivity index (χ2n) is 13.3. The monoisotopic (exact) mass is 647 g/mol. The van der Waals surface area contributed by atoms with Gasteiger partial charge in [-0.3, -0.25) is 33.8 Å². The van der Waals surface area contributed by atoms with E-state index in [9.17, 15) is 28.8 Å². The average molecular weight is 648 g/mol. The van der Waals surface area contributed by atoms with Crippen LogP contribution in [-0.2, 0) is 24.0 Å². The quantitative estimate of drug-likeness (QED) is 0.260. The van der Waals surface area contributed by atoms with Crippen LogP contribution >= 0.6 is 0 Å². The van der Waals surface area contributed by atoms with Gasteiger partial charge in [0.05, 0.1) is 12.2 Å². The molecule has 1 aromatic heterocycles. The smallest absolute Gasteiger partial charge is 0.272 e. The zero-order valence-corrected chi connectivity index (χ0v) is 28.6. The van der Waals surface area contributed by atoms with Crippen molar-refractivity contribution in [1.29, 1.82) is 0 Å². The normalized spacial score (nSPS) is 18.7. The Morgan fingerprint density at radius 2 is 1.55 bits per heavy atom. The molecule has 2 aromatic rings. The summed E-state index contributed by atoms with van der Waals surface area (Å²) in [6, 6.07) is 6.82. The minimum Gasteiger partial charge on any atom is -0.342 e. The van der Waals surface area contributed by atoms with Gasteiger partial charge in [0, 0.05) is 37.7 Å². The highest BCUT2D eigenvalue weighted by Crippen LogP contribution is 2.29. The molecule has 0 aliphatic carbocycles. The van der Waals surface area contributed by atoms with Gasteiger partial charge in [0.1, 0.15) is 17.8 Å². The number of benzene rings is 1. The van der Waals surface area contributed by atoms with Gasteiger partial charge in [0.25, 0.3) is 5.91 Å². The first kappa shape index (κ1) is 37.2. The van der Waals surface area contributed by atoms with Crippen molar-refractivity contribution in [2.24, 2.45) is 23.7 Å². The van der Waals surface area contributed by atoms with Gasteiger partial charge in [-0.2, -0.15) is 0 Å². The number of aromatic nitrogens is 2. The van der Waals surface area contributed by atoms with Crippen molar-refractivity contribution in [3.63, 3.8) is 0 Å². The Bertz CT molecular complexity index is 1410. The largest absolute Gasteiger partial charge is 0.342 e. The summed E-state index contributed by atoms with van der Waals surface area (Å²) < 4.78 is 0. The van der Waals surface area contributed by atoms with E-state index in [2.05, 4.69) is 20.6 Å². The molecule has 6 atom stereocenters. The van der Waals surface area contributed by atoms with E-state index in [1.54, 1.807) is 34.6 Å². The molecule has 1 aromatic carbocycles. The molecule has 3 amide bonds. The molecule has 11 heteroatoms. The minimum atomic E-state index is -0.956. The first-order valence-corrected chi connectivity index (χ1v) is 16.6. The van der Waals surface area contributed by atoms with E-state index in [1.807, 2.05) is 44.2 Å². The molecule has 3 rings (SSSR count). The number of amides is 3. The van der Waals surface area contributed by atoms with Crippen molar-refractivity contribution >= 4 is 35.1 Å². The fourth-order valence-corrected chi connectivity index (χ4v) is 6.08. The number of nitrogens with one attached hydrogen (secondary N) is 2. The highest BCUT2D eigenvalue weighted by atomic mass is 16.2. The third kappa shape index (κ3) is 9.62. The van der Waals surface area contributed by atoms with Crippen LogP contribution in [0.2, 0.25) is 0 Å². The van der Waals surface area contributed by atoms with Gasteiger partial charge in [-0.05, 0) is 42.1 Å². The van der Waals surface area contributed by atoms with E-state index in [-0.39, 0.29) is 48.0 Å². The van der Waals surface area contributed by atoms with E-state index in [1.165, 1.54) is 23.5 Å². The van der Waals surface area contributed by atoms with Crippen LogP contribution in [0.15, 0.2) is 48.9 Å². The Morgan fingerprint density at radius 1 is 0.894 bits per heavy atom. The summed E-state index contributed by atoms with van der Waals surface area (Å²) in [5.41, 5.74) is 1.03. The second kappa shape index (κ2) is 17.0. The molecule has 1 fully saturated rings. The van der Waals surface area contributed by atoms with Crippen LogP contribution in [0.25, 0.3) is 0 Å². The summed E-state index contributed by atoms with van der Waals surface area (Å²) in [5.74, 6) is -4.50. The van der Waals surface area contributed by atoms with Crippen molar-refractivity contribution in [2.75, 3.05) is 6.54 Å². The molecule has 2 heterocycles. The number of nitrogens with zero attached hydrogens (tertiary/aromatic N) is 3. The maximum Gasteiger partial charge on any atom is 0.272 e. The van der Waals surface area contributed by atoms with E-state index in [0.29, 0.717) is 19.4 Å². The summed E-state index contributed by atoms with van der Waals surface area (Å²) in [4.78, 5) is 89.6. The molecular formula is C36H49N5O6. The van der Waals surface area contributed by atoms with Gasteiger partial charge in [0.2, 0.25) is 17.6 Å². The van der Waals surface area contributed by atoms with Gasteiger partial charge in [-0.1, -0.05) is 78.8 Å². The number of ketones is 3. The van der Waals surface area contributed by atoms with Crippen LogP contribution in [0.4, 0.5) is 0 Å². The summed E-state index contributed by atoms with van der Waals surface area (Å²) >= 11 is 0. The predicted octanol–water partition coefficient (Wildman–Crippen LogP) is 3.93. The Balaban J connectivity index is 1.71. The Morgan fingerprint density at radius 3 is 2.13 bits per heavy atom. The highest BCUT2D eigenvalue weighted by molar-refractivity contribution is 6.38. The van der Waals surface area contributed by atoms with Crippen LogP contribution in [-0.4, -0.2) is 74.6 Å². The molecule has 11 nitrogen and oxygen atoms in total. The number of hydrogen-bond acceptors (Lipinski definition) is 8. The zero-order valence-electron chi connectivity index (χ0n) is 28.6. The minimum absolute atomic E-state index is 0.0598. The maximum atomic E-state index is 14.0. The fraction of sp³-hybridized carbons (Fsp3) is 0.556. The third-order valence-electron chi connectivity index (χ3n) is 9.02. The van der Waals surface area contributed by atoms with Gasteiger partial charge >= 0.3 is 0 Å². The topological polar surface area (TPSA) is 156 Å². The summed E-state index contributed by atoms with van der Waals surface area (Å²) in [6.45, 7) is 13.1. The highest BCUT2D eigenvalue weighted by Gasteiger charge is 2.44. The van der Waals surface area contributed by atoms with Crippen LogP contribution in [0, 0.1) is 23.7 Å². The number of hydrogen-bond donors (Lipinski definition) is 2. The summed E-state index contributed by atoms with van der Waals surface area (Å²) in [6.07, 6.45) is 4.95. The fourth-order valence-electron chi connectivity index (χ4n) is 6.08. The number of rotatable bonds is 16. The lowest BCUT2D eigenvalue weighted by Crippen LogP contribution is -2.58. The first-order valence-electron chi connectivity index (χ1n) is 16.6. The van der Waals surface area contributed by atoms with E-state index < -0.39 is 53.3 Å². The Labute approximate surface area is 277 Å². The lowest BCUT2D eigenvalue weighted by molar-refractivity contribution is -0.144. The van der Waals surface area contributed by atoms with Crippen molar-refractivity contribution in [1.82, 2.24) is 25.5 Å². The lowest BCUT2D eigenvalue weighted by atomic mass is 9.85. The van der Waals surface area contributed by atoms with Gasteiger partial charge in [-0.25, -0.2) is 4.98 Å². The third-order valence-corrected chi connectivity index (χ3v) is 9.02. The molecule has 1 unspecified atom stereocenters. The lowest BCUT2D eigenvalue weighted by Gasteiger charge is -2.33. The Kier molecular flexibility index (Phi) is 13.5. The van der Waals surface area contributed by atoms with Crippen molar-refractivity contribution in [3.8, 4) is 0 Å². The molecule has 1 saturated heterocycles. The number of Topliss-reactive ketones (excluding diaryl/α,β-unsaturated/α-hetero) is 3. The zero-order chi connectivity index (χ0) is 34.8. The van der Waals surface area contributed by atoms with E-state index in [0.717, 1.165) is 5.56 Å². The summed E-state index contributed by atoms with van der Waals surface area (Å²) in [5, 5.41) is 5.53. The molecule has 2 N–H and O–H groups in total. The number of carbonyl (C=O) groups excluding carboxylic acids is 6. The van der Waals surface area contributed by atoms with Crippen molar-refractivity contribution in [3.05, 3.63) is 60.2 Å². The number of likely N-dealkylation sites (tertiary alicyclic amines) is 1. The van der Waals surface area contributed by atoms with E-state index >= 15 is 0 Å². The van der Waals surface area contributed by atoms with Crippen LogP contribution in [0.1, 0.15) is 96.1 Å². The maximum absolute atomic E-state index is 14.0. The summed E-state index contributed by atoms with van der Waals surface area (Å²) in [7, 11) is 0. The molecule has 0 saturated carbocycles. The SMILES string of the molecule is CCC(CC(=O)[C@@H]1[C@@H](C)CCN1C(=O)[C@@H](NC(=O)[C@@H](NC(=O)c1cnccn1)C(C)C)C(C)C)C(=O)C(=O)C[C@@H](C)c1ccccc1. The number of carbonyl (C=O) groups is 6. The first-order chi connectivity index (χ1) is 22.3. The second-order valence-corrected chi connectivity index (χ2v) is 13.3. The predicted molar refractivity (Wildman–Crippen MR) is 177 cm³/mol. The van der Waals surface area contributed by atoms with Crippen LogP contribution in [0.5, 0.6) is 0 Å². The Hall–Kier alpha value is -4.28. The van der Waals surface area contributed by atoms with Crippen molar-refractivity contribution < 1.29 is 28.8 Å². The van der Waals surface area contributed by atoms with Crippen LogP contribution < -0.4 is 10.6 Å². The molecule has 1 aliphatic heterocycles. The average Bonchev–Trinajstić information content (AvgIpc) is 3.45. The molecule has 47 heavy (non-hydrogen) atoms. The van der Waals surface area contributed by atoms with Crippen LogP contribution in [0.3, 0.4) is 0 Å². The van der Waals surface area contributed by atoms with Gasteiger partial charge in [0.15, 0.2) is 11.6 Å². The molecular weight excluding hydrogens is 598 g/mol. The standard InChI is InChI=1S/C36H49N5O6/c1-8-25(33(44)29(43)18-24(7)26-12-10-9-11-13-26)19-28(42)32-23(6)14-17-41(32)36(47)31(22(4)5)40-35(46)30(21(2)3)39-34(45)27-20-37-15-16-38-27/h9-13,15-16,20-25,30-32H,8,14,17-19H2,1-7H3,(H,39,45)(H,40,46)/t23-,24+,25?,30-,31-,32-/m0/s1. The molecule has 0 bridgehead atoms. The van der Waals surface area contributed by atoms with Crippen molar-refractivity contribution in [2.45, 2.75) is 98.2 Å². The van der Waals surface area contributed by atoms with Gasteiger partial charge < -0.3 is 15.5 Å². The molecule has 1 aliphatic rings. The molecule has 0 radical (unpaired) electrons. The molecule has 254 valence electrons. The molecule has 0 spiro atoms. The van der Waals surface area contributed by atoms with E-state index in [4.69, 9.17) is 0 Å².